The molecule has 0 heterocycles. The van der Waals surface area contributed by atoms with Crippen molar-refractivity contribution < 1.29 is 14.6 Å². The molecule has 1 N–H and O–H groups in total. The van der Waals surface area contributed by atoms with Gasteiger partial charge in [0.1, 0.15) is 5.75 Å². The molecule has 0 aliphatic heterocycles. The highest BCUT2D eigenvalue weighted by Crippen LogP contribution is 2.47. The molecule has 2 atom stereocenters. The molecule has 3 nitrogen and oxygen atoms in total. The van der Waals surface area contributed by atoms with Crippen LogP contribution in [0.3, 0.4) is 0 Å². The van der Waals surface area contributed by atoms with Crippen molar-refractivity contribution in [3.8, 4) is 5.75 Å². The Balaban J connectivity index is 2.29. The van der Waals surface area contributed by atoms with Crippen LogP contribution in [0.4, 0.5) is 0 Å². The summed E-state index contributed by atoms with van der Waals surface area (Å²) < 4.78 is 5.68. The third-order valence-electron chi connectivity index (χ3n) is 3.60. The lowest BCUT2D eigenvalue weighted by molar-refractivity contribution is -0.145. The maximum Gasteiger partial charge on any atom is 0.309 e. The topological polar surface area (TPSA) is 46.5 Å². The summed E-state index contributed by atoms with van der Waals surface area (Å²) in [5.41, 5.74) is 1.12. The zero-order valence-corrected chi connectivity index (χ0v) is 12.7. The van der Waals surface area contributed by atoms with Crippen LogP contribution < -0.4 is 0 Å². The first-order chi connectivity index (χ1) is 8.54. The van der Waals surface area contributed by atoms with E-state index in [2.05, 4.69) is 22.6 Å². The minimum Gasteiger partial charge on any atom is -0.507 e. The average Bonchev–Trinajstić information content (AvgIpc) is 3.17. The van der Waals surface area contributed by atoms with Crippen molar-refractivity contribution in [2.24, 2.45) is 11.8 Å². The van der Waals surface area contributed by atoms with Crippen molar-refractivity contribution in [2.75, 3.05) is 7.11 Å². The molecule has 0 amide bonds. The van der Waals surface area contributed by atoms with Crippen molar-refractivity contribution >= 4 is 28.6 Å². The number of esters is 1. The van der Waals surface area contributed by atoms with Crippen molar-refractivity contribution in [1.29, 1.82) is 0 Å². The van der Waals surface area contributed by atoms with Gasteiger partial charge in [0.2, 0.25) is 0 Å². The SMILES string of the molecule is COC(=O)[C@@H](C)C(c1ccc(O)c(I)c1)C1CC1. The molecule has 0 saturated heterocycles. The highest BCUT2D eigenvalue weighted by molar-refractivity contribution is 14.1. The maximum atomic E-state index is 11.7. The van der Waals surface area contributed by atoms with Gasteiger partial charge in [-0.15, -0.1) is 0 Å². The molecule has 0 bridgehead atoms. The zero-order chi connectivity index (χ0) is 13.3. The van der Waals surface area contributed by atoms with E-state index < -0.39 is 0 Å². The smallest absolute Gasteiger partial charge is 0.309 e. The predicted octanol–water partition coefficient (Wildman–Crippen LogP) is 3.30. The predicted molar refractivity (Wildman–Crippen MR) is 77.5 cm³/mol. The molecule has 0 spiro atoms. The largest absolute Gasteiger partial charge is 0.507 e. The van der Waals surface area contributed by atoms with E-state index in [-0.39, 0.29) is 17.8 Å². The van der Waals surface area contributed by atoms with Crippen molar-refractivity contribution in [2.45, 2.75) is 25.7 Å². The first-order valence-electron chi connectivity index (χ1n) is 6.10. The Hall–Kier alpha value is -0.780. The van der Waals surface area contributed by atoms with E-state index >= 15 is 0 Å². The van der Waals surface area contributed by atoms with Crippen LogP contribution in [-0.4, -0.2) is 18.2 Å². The van der Waals surface area contributed by atoms with E-state index in [0.717, 1.165) is 9.13 Å². The van der Waals surface area contributed by atoms with E-state index in [9.17, 15) is 9.90 Å². The standard InChI is InChI=1S/C14H17IO3/c1-8(14(17)18-2)13(9-3-4-9)10-5-6-12(16)11(15)7-10/h5-9,13,16H,3-4H2,1-2H3/t8-,13?/m0/s1. The number of ether oxygens (including phenoxy) is 1. The molecule has 18 heavy (non-hydrogen) atoms. The van der Waals surface area contributed by atoms with Gasteiger partial charge in [-0.2, -0.15) is 0 Å². The van der Waals surface area contributed by atoms with Crippen LogP contribution in [0.5, 0.6) is 5.75 Å². The van der Waals surface area contributed by atoms with Gasteiger partial charge in [-0.1, -0.05) is 13.0 Å². The normalized spacial score (nSPS) is 18.2. The van der Waals surface area contributed by atoms with Gasteiger partial charge >= 0.3 is 5.97 Å². The van der Waals surface area contributed by atoms with E-state index in [1.165, 1.54) is 20.0 Å². The van der Waals surface area contributed by atoms with Crippen LogP contribution in [0, 0.1) is 15.4 Å². The van der Waals surface area contributed by atoms with Gasteiger partial charge in [-0.25, -0.2) is 0 Å². The van der Waals surface area contributed by atoms with Crippen LogP contribution in [-0.2, 0) is 9.53 Å². The summed E-state index contributed by atoms with van der Waals surface area (Å²) >= 11 is 2.11. The molecule has 1 aliphatic carbocycles. The number of carbonyl (C=O) groups excluding carboxylic acids is 1. The summed E-state index contributed by atoms with van der Waals surface area (Å²) in [5.74, 6) is 0.767. The molecule has 1 unspecified atom stereocenters. The van der Waals surface area contributed by atoms with Gasteiger partial charge in [-0.05, 0) is 65.0 Å². The van der Waals surface area contributed by atoms with Crippen LogP contribution in [0.25, 0.3) is 0 Å². The Kier molecular flexibility index (Phi) is 4.14. The number of phenolic OH excluding ortho intramolecular Hbond substituents is 1. The minimum absolute atomic E-state index is 0.136. The number of halogens is 1. The Labute approximate surface area is 121 Å². The van der Waals surface area contributed by atoms with Gasteiger partial charge in [0.25, 0.3) is 0 Å². The van der Waals surface area contributed by atoms with Crippen LogP contribution >= 0.6 is 22.6 Å². The lowest BCUT2D eigenvalue weighted by Gasteiger charge is -2.22. The molecule has 4 heteroatoms. The second-order valence-corrected chi connectivity index (χ2v) is 6.05. The fourth-order valence-electron chi connectivity index (χ4n) is 2.49. The minimum atomic E-state index is -0.157. The Bertz CT molecular complexity index is 454. The van der Waals surface area contributed by atoms with Crippen molar-refractivity contribution in [3.05, 3.63) is 27.3 Å². The van der Waals surface area contributed by atoms with E-state index in [4.69, 9.17) is 4.74 Å². The maximum absolute atomic E-state index is 11.7. The Morgan fingerprint density at radius 2 is 2.17 bits per heavy atom. The van der Waals surface area contributed by atoms with Crippen LogP contribution in [0.1, 0.15) is 31.2 Å². The van der Waals surface area contributed by atoms with Gasteiger partial charge in [0, 0.05) is 0 Å². The van der Waals surface area contributed by atoms with Crippen LogP contribution in [0.2, 0.25) is 0 Å². The fraction of sp³-hybridized carbons (Fsp3) is 0.500. The van der Waals surface area contributed by atoms with Crippen LogP contribution in [0.15, 0.2) is 18.2 Å². The summed E-state index contributed by atoms with van der Waals surface area (Å²) in [6.45, 7) is 1.93. The molecule has 1 aromatic carbocycles. The van der Waals surface area contributed by atoms with Crippen molar-refractivity contribution in [1.82, 2.24) is 0 Å². The number of hydrogen-bond donors (Lipinski definition) is 1. The number of methoxy groups -OCH3 is 1. The van der Waals surface area contributed by atoms with Gasteiger partial charge in [0.05, 0.1) is 16.6 Å². The van der Waals surface area contributed by atoms with E-state index in [1.54, 1.807) is 6.07 Å². The lowest BCUT2D eigenvalue weighted by Crippen LogP contribution is -2.22. The highest BCUT2D eigenvalue weighted by Gasteiger charge is 2.39. The van der Waals surface area contributed by atoms with Gasteiger partial charge in [-0.3, -0.25) is 4.79 Å². The average molecular weight is 360 g/mol. The third kappa shape index (κ3) is 2.79. The zero-order valence-electron chi connectivity index (χ0n) is 10.5. The molecular weight excluding hydrogens is 343 g/mol. The first-order valence-corrected chi connectivity index (χ1v) is 7.18. The monoisotopic (exact) mass is 360 g/mol. The molecular formula is C14H17IO3. The fourth-order valence-corrected chi connectivity index (χ4v) is 3.03. The quantitative estimate of drug-likeness (QED) is 0.662. The number of carbonyl (C=O) groups is 1. The molecule has 0 aromatic heterocycles. The Morgan fingerprint density at radius 3 is 2.67 bits per heavy atom. The number of rotatable bonds is 4. The highest BCUT2D eigenvalue weighted by atomic mass is 127. The molecule has 1 saturated carbocycles. The molecule has 2 rings (SSSR count). The molecule has 1 aliphatic rings. The summed E-state index contributed by atoms with van der Waals surface area (Å²) in [4.78, 5) is 11.7. The molecule has 1 aromatic rings. The molecule has 1 fully saturated rings. The summed E-state index contributed by atoms with van der Waals surface area (Å²) in [7, 11) is 1.43. The first kappa shape index (κ1) is 13.6. The van der Waals surface area contributed by atoms with Gasteiger partial charge in [0.15, 0.2) is 0 Å². The number of aromatic hydroxyl groups is 1. The third-order valence-corrected chi connectivity index (χ3v) is 4.46. The summed E-state index contributed by atoms with van der Waals surface area (Å²) in [6.07, 6.45) is 2.34. The van der Waals surface area contributed by atoms with E-state index in [0.29, 0.717) is 11.7 Å². The second-order valence-electron chi connectivity index (χ2n) is 4.89. The Morgan fingerprint density at radius 1 is 1.50 bits per heavy atom. The van der Waals surface area contributed by atoms with Crippen molar-refractivity contribution in [3.63, 3.8) is 0 Å². The number of benzene rings is 1. The molecule has 98 valence electrons. The second kappa shape index (κ2) is 5.47. The lowest BCUT2D eigenvalue weighted by atomic mass is 9.83. The number of phenols is 1. The molecule has 0 radical (unpaired) electrons. The summed E-state index contributed by atoms with van der Waals surface area (Å²) in [6, 6.07) is 5.59. The van der Waals surface area contributed by atoms with Gasteiger partial charge < -0.3 is 9.84 Å². The van der Waals surface area contributed by atoms with E-state index in [1.807, 2.05) is 19.1 Å². The number of hydrogen-bond acceptors (Lipinski definition) is 3. The summed E-state index contributed by atoms with van der Waals surface area (Å²) in [5, 5.41) is 9.57.